The summed E-state index contributed by atoms with van der Waals surface area (Å²) in [5.74, 6) is -1.07. The summed E-state index contributed by atoms with van der Waals surface area (Å²) in [6, 6.07) is 22.0. The maximum atomic E-state index is 13.3. The molecule has 52 heavy (non-hydrogen) atoms. The van der Waals surface area contributed by atoms with E-state index >= 15 is 0 Å². The van der Waals surface area contributed by atoms with Crippen molar-refractivity contribution in [3.8, 4) is 0 Å². The maximum Gasteiger partial charge on any atom is 0.425 e. The number of allylic oxidation sites excluding steroid dienone is 6. The zero-order chi connectivity index (χ0) is 37.4. The Bertz CT molecular complexity index is 2190. The van der Waals surface area contributed by atoms with Gasteiger partial charge in [-0.25, -0.2) is 4.79 Å². The summed E-state index contributed by atoms with van der Waals surface area (Å²) in [5, 5.41) is 12.2. The molecule has 10 heteroatoms. The molecule has 1 amide bonds. The highest BCUT2D eigenvalue weighted by Gasteiger charge is 2.48. The predicted molar refractivity (Wildman–Crippen MR) is 203 cm³/mol. The standard InChI is InChI=1S/C42H45N3O3.O3S/c1-27-14-20-36-34(24-27)42(4,5)39-31(11-9-23-45(36)39)26-28(15-21-37(46)43-32-18-16-29(17-19-32)40(47)48)25-30-10-8-22-44-35-13-7-6-12-33(35)41(2,3)38(30)44;1-4(2)3/h6-7,12-14,16-20,24-26H,8-11,15,21-23H2,1-5H3,(H-,43,46,47,48);/p+1. The number of aryl methyl sites for hydroxylation is 1. The molecule has 0 aliphatic carbocycles. The number of carboxylic acids is 1. The highest BCUT2D eigenvalue weighted by atomic mass is 32.2. The van der Waals surface area contributed by atoms with Crippen LogP contribution in [0.25, 0.3) is 0 Å². The minimum Gasteiger partial charge on any atom is -0.478 e. The molecule has 2 N–H and O–H groups in total. The molecule has 9 nitrogen and oxygen atoms in total. The lowest BCUT2D eigenvalue weighted by Crippen LogP contribution is -2.34. The second-order valence-corrected chi connectivity index (χ2v) is 15.5. The van der Waals surface area contributed by atoms with Crippen molar-refractivity contribution in [1.82, 2.24) is 0 Å². The van der Waals surface area contributed by atoms with E-state index in [2.05, 4.69) is 104 Å². The third-order valence-corrected chi connectivity index (χ3v) is 10.7. The number of para-hydroxylation sites is 1. The van der Waals surface area contributed by atoms with E-state index in [9.17, 15) is 14.7 Å². The van der Waals surface area contributed by atoms with Gasteiger partial charge in [0.1, 0.15) is 6.54 Å². The first-order valence-corrected chi connectivity index (χ1v) is 18.9. The van der Waals surface area contributed by atoms with Crippen molar-refractivity contribution in [2.75, 3.05) is 23.3 Å². The molecule has 0 bridgehead atoms. The largest absolute Gasteiger partial charge is 0.478 e. The van der Waals surface area contributed by atoms with Gasteiger partial charge in [-0.15, -0.1) is 12.6 Å². The Morgan fingerprint density at radius 3 is 2.33 bits per heavy atom. The molecular weight excluding hydrogens is 675 g/mol. The lowest BCUT2D eigenvalue weighted by molar-refractivity contribution is -0.441. The SMILES string of the molecule is Cc1ccc2c(c1)C(C)(C)C1=C(C=C(C=C3CCC[N+]4=C3C(C)(C)c3ccccc34)CCC(=O)Nc3ccc(C(=O)O)cc3)CCCN12.O=S(=O)=O. The van der Waals surface area contributed by atoms with Crippen molar-refractivity contribution in [2.45, 2.75) is 84.0 Å². The second kappa shape index (κ2) is 14.5. The third kappa shape index (κ3) is 7.17. The summed E-state index contributed by atoms with van der Waals surface area (Å²) < 4.78 is 27.9. The third-order valence-electron chi connectivity index (χ3n) is 10.7. The summed E-state index contributed by atoms with van der Waals surface area (Å²) in [4.78, 5) is 27.1. The zero-order valence-corrected chi connectivity index (χ0v) is 31.3. The molecule has 0 radical (unpaired) electrons. The van der Waals surface area contributed by atoms with Crippen LogP contribution in [0.3, 0.4) is 0 Å². The van der Waals surface area contributed by atoms with Gasteiger partial charge in [-0.2, -0.15) is 4.58 Å². The first-order chi connectivity index (χ1) is 24.7. The van der Waals surface area contributed by atoms with E-state index in [1.54, 1.807) is 12.1 Å². The number of nitrogens with zero attached hydrogens (tertiary/aromatic N) is 2. The van der Waals surface area contributed by atoms with Gasteiger partial charge in [0.05, 0.1) is 11.0 Å². The first-order valence-electron chi connectivity index (χ1n) is 17.9. The number of aromatic carboxylic acids is 1. The number of carbonyl (C=O) groups is 2. The molecule has 0 fully saturated rings. The topological polar surface area (TPSA) is 124 Å². The molecule has 0 atom stereocenters. The van der Waals surface area contributed by atoms with Crippen molar-refractivity contribution in [3.63, 3.8) is 0 Å². The van der Waals surface area contributed by atoms with E-state index in [1.165, 1.54) is 68.3 Å². The molecule has 0 saturated carbocycles. The van der Waals surface area contributed by atoms with Gasteiger partial charge in [0, 0.05) is 59.1 Å². The van der Waals surface area contributed by atoms with Crippen LogP contribution in [0.2, 0.25) is 0 Å². The van der Waals surface area contributed by atoms with Gasteiger partial charge >= 0.3 is 16.6 Å². The van der Waals surface area contributed by atoms with Gasteiger partial charge in [-0.3, -0.25) is 4.79 Å². The molecule has 270 valence electrons. The van der Waals surface area contributed by atoms with E-state index < -0.39 is 16.6 Å². The minimum atomic E-state index is -3.11. The fraction of sp³-hybridized carbons (Fsp3) is 0.357. The monoisotopic (exact) mass is 720 g/mol. The van der Waals surface area contributed by atoms with Crippen LogP contribution in [0.1, 0.15) is 93.3 Å². The average molecular weight is 721 g/mol. The summed E-state index contributed by atoms with van der Waals surface area (Å²) in [6.07, 6.45) is 9.93. The number of carbonyl (C=O) groups excluding carboxylic acids is 1. The molecule has 0 unspecified atom stereocenters. The summed E-state index contributed by atoms with van der Waals surface area (Å²) in [5.41, 5.74) is 13.9. The van der Waals surface area contributed by atoms with Crippen LogP contribution in [-0.2, 0) is 26.2 Å². The molecule has 3 aromatic rings. The van der Waals surface area contributed by atoms with E-state index in [4.69, 9.17) is 12.6 Å². The average Bonchev–Trinajstić information content (AvgIpc) is 3.47. The molecule has 0 aromatic heterocycles. The minimum absolute atomic E-state index is 0.0825. The smallest absolute Gasteiger partial charge is 0.425 e. The quantitative estimate of drug-likeness (QED) is 0.237. The normalized spacial score (nSPS) is 18.9. The van der Waals surface area contributed by atoms with Crippen molar-refractivity contribution >= 4 is 45.3 Å². The van der Waals surface area contributed by atoms with E-state index in [0.29, 0.717) is 18.5 Å². The van der Waals surface area contributed by atoms with Gasteiger partial charge in [0.2, 0.25) is 11.6 Å². The Kier molecular flexibility index (Phi) is 10.2. The first kappa shape index (κ1) is 36.7. The number of hydrogen-bond donors (Lipinski definition) is 2. The molecule has 4 aliphatic heterocycles. The fourth-order valence-electron chi connectivity index (χ4n) is 8.59. The van der Waals surface area contributed by atoms with Crippen LogP contribution >= 0.6 is 0 Å². The molecule has 4 aliphatic rings. The number of rotatable bonds is 7. The number of hydrogen-bond acceptors (Lipinski definition) is 6. The van der Waals surface area contributed by atoms with Crippen LogP contribution in [0.5, 0.6) is 0 Å². The van der Waals surface area contributed by atoms with E-state index in [1.807, 2.05) is 0 Å². The predicted octanol–water partition coefficient (Wildman–Crippen LogP) is 7.98. The molecule has 0 spiro atoms. The maximum absolute atomic E-state index is 13.3. The van der Waals surface area contributed by atoms with Crippen molar-refractivity contribution in [3.05, 3.63) is 124 Å². The number of carboxylic acid groups (broad SMARTS) is 1. The lowest BCUT2D eigenvalue weighted by Gasteiger charge is -2.33. The van der Waals surface area contributed by atoms with Gasteiger partial charge in [-0.1, -0.05) is 55.8 Å². The number of fused-ring (bicyclic) bond motifs is 5. The Balaban J connectivity index is 0.00000110. The Hall–Kier alpha value is -5.09. The number of amides is 1. The highest BCUT2D eigenvalue weighted by Crippen LogP contribution is 2.52. The van der Waals surface area contributed by atoms with Gasteiger partial charge in [0.25, 0.3) is 0 Å². The summed E-state index contributed by atoms with van der Waals surface area (Å²) in [6.45, 7) is 13.6. The number of anilines is 2. The van der Waals surface area contributed by atoms with Crippen LogP contribution in [0.15, 0.2) is 101 Å². The summed E-state index contributed by atoms with van der Waals surface area (Å²) in [7, 11) is -3.11. The van der Waals surface area contributed by atoms with Gasteiger partial charge in [-0.05, 0) is 99.6 Å². The molecule has 7 rings (SSSR count). The van der Waals surface area contributed by atoms with Crippen LogP contribution in [0, 0.1) is 6.92 Å². The summed E-state index contributed by atoms with van der Waals surface area (Å²) >= 11 is 0. The van der Waals surface area contributed by atoms with Crippen molar-refractivity contribution in [2.24, 2.45) is 0 Å². The number of nitrogens with one attached hydrogen (secondary N) is 1. The molecule has 4 heterocycles. The van der Waals surface area contributed by atoms with Crippen LogP contribution in [-0.4, -0.2) is 53.0 Å². The lowest BCUT2D eigenvalue weighted by atomic mass is 9.76. The zero-order valence-electron chi connectivity index (χ0n) is 30.5. The Morgan fingerprint density at radius 1 is 0.904 bits per heavy atom. The van der Waals surface area contributed by atoms with Crippen molar-refractivity contribution in [1.29, 1.82) is 0 Å². The van der Waals surface area contributed by atoms with E-state index in [0.717, 1.165) is 38.8 Å². The van der Waals surface area contributed by atoms with Crippen molar-refractivity contribution < 1.29 is 31.9 Å². The van der Waals surface area contributed by atoms with Gasteiger partial charge in [0.15, 0.2) is 5.71 Å². The van der Waals surface area contributed by atoms with E-state index in [-0.39, 0.29) is 22.3 Å². The highest BCUT2D eigenvalue weighted by molar-refractivity contribution is 7.59. The Labute approximate surface area is 307 Å². The fourth-order valence-corrected chi connectivity index (χ4v) is 8.59. The Morgan fingerprint density at radius 2 is 1.62 bits per heavy atom. The molecule has 3 aromatic carbocycles. The van der Waals surface area contributed by atoms with Crippen LogP contribution in [0.4, 0.5) is 17.1 Å². The molecule has 0 saturated heterocycles. The number of benzene rings is 3. The molecular formula is C42H46N3O6S+. The second-order valence-electron chi connectivity index (χ2n) is 15.0. The van der Waals surface area contributed by atoms with Crippen LogP contribution < -0.4 is 10.2 Å². The van der Waals surface area contributed by atoms with Gasteiger partial charge < -0.3 is 15.3 Å².